The lowest BCUT2D eigenvalue weighted by Gasteiger charge is -2.44. The molecule has 9 heteroatoms. The topological polar surface area (TPSA) is 95.0 Å². The molecule has 1 atom stereocenters. The van der Waals surface area contributed by atoms with Crippen molar-refractivity contribution in [1.29, 1.82) is 0 Å². The van der Waals surface area contributed by atoms with Gasteiger partial charge in [0.15, 0.2) is 0 Å². The molecule has 1 saturated heterocycles. The van der Waals surface area contributed by atoms with Crippen LogP contribution in [0, 0.1) is 23.2 Å². The Bertz CT molecular complexity index is 1050. The summed E-state index contributed by atoms with van der Waals surface area (Å²) in [6, 6.07) is 1.31. The third-order valence-corrected chi connectivity index (χ3v) is 9.10. The van der Waals surface area contributed by atoms with Crippen molar-refractivity contribution in [1.82, 2.24) is 4.31 Å². The number of sulfonamides is 1. The third-order valence-electron chi connectivity index (χ3n) is 6.08. The molecule has 0 spiro atoms. The van der Waals surface area contributed by atoms with E-state index in [1.165, 1.54) is 4.31 Å². The largest absolute Gasteiger partial charge is 0.477 e. The molecule has 0 aromatic carbocycles. The first-order valence-corrected chi connectivity index (χ1v) is 14.1. The fourth-order valence-electron chi connectivity index (χ4n) is 4.58. The van der Waals surface area contributed by atoms with Gasteiger partial charge < -0.3 is 10.0 Å². The van der Waals surface area contributed by atoms with E-state index in [0.717, 1.165) is 43.4 Å². The fraction of sp³-hybridized carbons (Fsp3) is 0.667. The van der Waals surface area contributed by atoms with E-state index >= 15 is 0 Å². The van der Waals surface area contributed by atoms with Crippen LogP contribution in [0.15, 0.2) is 6.07 Å². The van der Waals surface area contributed by atoms with Crippen LogP contribution in [0.2, 0.25) is 0 Å². The number of rotatable bonds is 6. The van der Waals surface area contributed by atoms with E-state index in [1.54, 1.807) is 17.9 Å². The second kappa shape index (κ2) is 10.2. The molecule has 1 aromatic rings. The highest BCUT2D eigenvalue weighted by Gasteiger charge is 2.43. The lowest BCUT2D eigenvalue weighted by atomic mass is 9.82. The lowest BCUT2D eigenvalue weighted by Crippen LogP contribution is -2.61. The van der Waals surface area contributed by atoms with Crippen molar-refractivity contribution in [2.75, 3.05) is 23.7 Å². The third kappa shape index (κ3) is 6.17. The Labute approximate surface area is 201 Å². The van der Waals surface area contributed by atoms with Crippen molar-refractivity contribution in [2.24, 2.45) is 11.3 Å². The van der Waals surface area contributed by atoms with E-state index in [2.05, 4.69) is 11.8 Å². The molecule has 182 valence electrons. The fourth-order valence-corrected chi connectivity index (χ4v) is 6.88. The first-order valence-electron chi connectivity index (χ1n) is 11.6. The number of anilines is 1. The van der Waals surface area contributed by atoms with Crippen molar-refractivity contribution in [3.05, 3.63) is 15.8 Å². The predicted molar refractivity (Wildman–Crippen MR) is 131 cm³/mol. The van der Waals surface area contributed by atoms with Crippen LogP contribution in [0.1, 0.15) is 80.8 Å². The van der Waals surface area contributed by atoms with E-state index in [1.807, 2.05) is 20.8 Å². The first kappa shape index (κ1) is 25.7. The number of carbonyl (C=O) groups excluding carboxylic acids is 1. The van der Waals surface area contributed by atoms with Crippen LogP contribution in [0.4, 0.5) is 5.69 Å². The quantitative estimate of drug-likeness (QED) is 0.599. The summed E-state index contributed by atoms with van der Waals surface area (Å²) in [6.45, 7) is 7.68. The number of hydrogen-bond acceptors (Lipinski definition) is 5. The maximum absolute atomic E-state index is 13.4. The van der Waals surface area contributed by atoms with Crippen molar-refractivity contribution < 1.29 is 23.1 Å². The molecule has 1 aliphatic heterocycles. The molecule has 1 N–H and O–H groups in total. The van der Waals surface area contributed by atoms with Crippen LogP contribution in [-0.2, 0) is 14.8 Å². The standard InChI is InChI=1S/C24H34N2O5S2/c1-5-13-33(30,31)25-15-20(17-9-7-6-8-10-17)26(21(27)16-25)19-14-18(11-12-24(2,3)4)32-22(19)23(28)29/h14,17,20H,5-10,13,15-16H2,1-4H3,(H,28,29)/t20-/m0/s1. The summed E-state index contributed by atoms with van der Waals surface area (Å²) in [5.74, 6) is 4.85. The van der Waals surface area contributed by atoms with Gasteiger partial charge in [-0.2, -0.15) is 4.31 Å². The summed E-state index contributed by atoms with van der Waals surface area (Å²) in [4.78, 5) is 27.7. The van der Waals surface area contributed by atoms with Crippen LogP contribution in [0.25, 0.3) is 0 Å². The summed E-state index contributed by atoms with van der Waals surface area (Å²) in [6.07, 6.45) is 5.47. The molecule has 0 radical (unpaired) electrons. The molecule has 2 fully saturated rings. The minimum Gasteiger partial charge on any atom is -0.477 e. The summed E-state index contributed by atoms with van der Waals surface area (Å²) < 4.78 is 26.9. The van der Waals surface area contributed by atoms with E-state index < -0.39 is 16.0 Å². The SMILES string of the molecule is CCCS(=O)(=O)N1CC(=O)N(c2cc(C#CC(C)(C)C)sc2C(=O)O)[C@H](C2CCCCC2)C1. The molecule has 0 bridgehead atoms. The molecule has 1 aromatic heterocycles. The molecule has 7 nitrogen and oxygen atoms in total. The Balaban J connectivity index is 2.05. The zero-order valence-corrected chi connectivity index (χ0v) is 21.5. The van der Waals surface area contributed by atoms with Gasteiger partial charge in [-0.05, 0) is 52.0 Å². The number of piperazine rings is 1. The van der Waals surface area contributed by atoms with Gasteiger partial charge in [-0.3, -0.25) is 4.79 Å². The van der Waals surface area contributed by atoms with Crippen molar-refractivity contribution in [2.45, 2.75) is 72.3 Å². The van der Waals surface area contributed by atoms with Crippen molar-refractivity contribution in [3.63, 3.8) is 0 Å². The summed E-state index contributed by atoms with van der Waals surface area (Å²) in [7, 11) is -3.54. The zero-order chi connectivity index (χ0) is 24.4. The maximum Gasteiger partial charge on any atom is 0.348 e. The van der Waals surface area contributed by atoms with Gasteiger partial charge >= 0.3 is 5.97 Å². The van der Waals surface area contributed by atoms with Gasteiger partial charge in [0.2, 0.25) is 15.9 Å². The Morgan fingerprint density at radius 3 is 2.48 bits per heavy atom. The molecule has 33 heavy (non-hydrogen) atoms. The van der Waals surface area contributed by atoms with Gasteiger partial charge in [0, 0.05) is 12.0 Å². The van der Waals surface area contributed by atoms with Crippen molar-refractivity contribution in [3.8, 4) is 11.8 Å². The highest BCUT2D eigenvalue weighted by Crippen LogP contribution is 2.38. The molecule has 2 aliphatic rings. The van der Waals surface area contributed by atoms with Crippen LogP contribution in [-0.4, -0.2) is 54.6 Å². The molecule has 2 heterocycles. The normalized spacial score (nSPS) is 21.0. The van der Waals surface area contributed by atoms with Gasteiger partial charge in [0.1, 0.15) is 4.88 Å². The summed E-state index contributed by atoms with van der Waals surface area (Å²) in [5, 5.41) is 9.89. The molecular weight excluding hydrogens is 460 g/mol. The highest BCUT2D eigenvalue weighted by atomic mass is 32.2. The number of carboxylic acids is 1. The van der Waals surface area contributed by atoms with E-state index in [4.69, 9.17) is 0 Å². The number of hydrogen-bond donors (Lipinski definition) is 1. The molecule has 1 aliphatic carbocycles. The number of aromatic carboxylic acids is 1. The highest BCUT2D eigenvalue weighted by molar-refractivity contribution is 7.89. The number of nitrogens with zero attached hydrogens (tertiary/aromatic N) is 2. The summed E-state index contributed by atoms with van der Waals surface area (Å²) >= 11 is 1.07. The average Bonchev–Trinajstić information content (AvgIpc) is 3.16. The molecule has 0 unspecified atom stereocenters. The molecular formula is C24H34N2O5S2. The maximum atomic E-state index is 13.4. The molecule has 1 saturated carbocycles. The second-order valence-electron chi connectivity index (χ2n) is 9.97. The number of amides is 1. The van der Waals surface area contributed by atoms with E-state index in [0.29, 0.717) is 17.0 Å². The van der Waals surface area contributed by atoms with Gasteiger partial charge in [0.05, 0.1) is 28.9 Å². The Morgan fingerprint density at radius 2 is 1.91 bits per heavy atom. The van der Waals surface area contributed by atoms with Crippen LogP contribution in [0.3, 0.4) is 0 Å². The lowest BCUT2D eigenvalue weighted by molar-refractivity contribution is -0.121. The Hall–Kier alpha value is -1.89. The van der Waals surface area contributed by atoms with Crippen LogP contribution >= 0.6 is 11.3 Å². The Morgan fingerprint density at radius 1 is 1.24 bits per heavy atom. The van der Waals surface area contributed by atoms with E-state index in [-0.39, 0.29) is 47.0 Å². The van der Waals surface area contributed by atoms with E-state index in [9.17, 15) is 23.1 Å². The monoisotopic (exact) mass is 494 g/mol. The van der Waals surface area contributed by atoms with Gasteiger partial charge in [0.25, 0.3) is 0 Å². The summed E-state index contributed by atoms with van der Waals surface area (Å²) in [5.41, 5.74) is 0.103. The molecule has 3 rings (SSSR count). The number of thiophene rings is 1. The smallest absolute Gasteiger partial charge is 0.348 e. The Kier molecular flexibility index (Phi) is 7.92. The van der Waals surface area contributed by atoms with Gasteiger partial charge in [-0.25, -0.2) is 13.2 Å². The minimum absolute atomic E-state index is 0.00301. The molecule has 1 amide bonds. The second-order valence-corrected chi connectivity index (χ2v) is 13.1. The van der Waals surface area contributed by atoms with Gasteiger partial charge in [-0.15, -0.1) is 11.3 Å². The average molecular weight is 495 g/mol. The van der Waals surface area contributed by atoms with Crippen LogP contribution < -0.4 is 4.90 Å². The number of carboxylic acid groups (broad SMARTS) is 1. The minimum atomic E-state index is -3.54. The van der Waals surface area contributed by atoms with Gasteiger partial charge in [-0.1, -0.05) is 38.0 Å². The zero-order valence-electron chi connectivity index (χ0n) is 19.9. The number of carbonyl (C=O) groups is 2. The van der Waals surface area contributed by atoms with Crippen LogP contribution in [0.5, 0.6) is 0 Å². The predicted octanol–water partition coefficient (Wildman–Crippen LogP) is 4.18. The van der Waals surface area contributed by atoms with Crippen molar-refractivity contribution >= 4 is 38.9 Å². The first-order chi connectivity index (χ1) is 15.4.